The van der Waals surface area contributed by atoms with Crippen LogP contribution in [0, 0.1) is 0 Å². The molecule has 1 saturated carbocycles. The predicted molar refractivity (Wildman–Crippen MR) is 116 cm³/mol. The summed E-state index contributed by atoms with van der Waals surface area (Å²) < 4.78 is 63.1. The molecular formula is C23H19F3N4O4S. The molecule has 2 aromatic heterocycles. The van der Waals surface area contributed by atoms with Crippen molar-refractivity contribution in [3.63, 3.8) is 0 Å². The second kappa shape index (κ2) is 8.29. The minimum atomic E-state index is -4.55. The molecule has 2 aliphatic rings. The van der Waals surface area contributed by atoms with E-state index in [0.717, 1.165) is 12.1 Å². The van der Waals surface area contributed by atoms with Gasteiger partial charge in [-0.05, 0) is 42.5 Å². The van der Waals surface area contributed by atoms with Crippen LogP contribution in [0.1, 0.15) is 56.1 Å². The number of aromatic amines is 1. The summed E-state index contributed by atoms with van der Waals surface area (Å²) in [6, 6.07) is 6.86. The molecule has 8 nitrogen and oxygen atoms in total. The Morgan fingerprint density at radius 2 is 1.83 bits per heavy atom. The molecule has 0 atom stereocenters. The largest absolute Gasteiger partial charge is 0.417 e. The Hall–Kier alpha value is -3.54. The van der Waals surface area contributed by atoms with E-state index in [0.29, 0.717) is 42.1 Å². The molecule has 1 amide bonds. The number of imidazole rings is 1. The molecule has 3 aromatic rings. The van der Waals surface area contributed by atoms with Crippen LogP contribution in [0.5, 0.6) is 0 Å². The lowest BCUT2D eigenvalue weighted by Crippen LogP contribution is -2.36. The number of aromatic nitrogens is 3. The van der Waals surface area contributed by atoms with Gasteiger partial charge in [0.05, 0.1) is 17.0 Å². The van der Waals surface area contributed by atoms with Crippen LogP contribution in [0.25, 0.3) is 0 Å². The molecule has 0 radical (unpaired) electrons. The molecule has 0 saturated heterocycles. The standard InChI is InChI=1S/C23H19F3N4O4S/c24-23(25,26)14-4-7-18(27-10-14)20(31)17-3-1-2-13-12-30(9-8-16(13)17)21(32)19-11-28-22(29-19)35(33,34)15-5-6-15/h1-4,7,10-11,15H,5-6,8-9,12H2,(H,28,29). The monoisotopic (exact) mass is 504 g/mol. The summed E-state index contributed by atoms with van der Waals surface area (Å²) in [5.74, 6) is -0.916. The van der Waals surface area contributed by atoms with Crippen molar-refractivity contribution in [1.29, 1.82) is 0 Å². The lowest BCUT2D eigenvalue weighted by Gasteiger charge is -2.29. The van der Waals surface area contributed by atoms with Crippen molar-refractivity contribution in [3.05, 3.63) is 76.4 Å². The van der Waals surface area contributed by atoms with Crippen molar-refractivity contribution in [2.45, 2.75) is 42.4 Å². The molecule has 1 fully saturated rings. The van der Waals surface area contributed by atoms with Crippen LogP contribution in [-0.4, -0.2) is 51.8 Å². The Kier molecular flexibility index (Phi) is 5.50. The molecule has 35 heavy (non-hydrogen) atoms. The number of alkyl halides is 3. The summed E-state index contributed by atoms with van der Waals surface area (Å²) >= 11 is 0. The van der Waals surface area contributed by atoms with Crippen LogP contribution in [0.2, 0.25) is 0 Å². The summed E-state index contributed by atoms with van der Waals surface area (Å²) in [5.41, 5.74) is 0.754. The highest BCUT2D eigenvalue weighted by molar-refractivity contribution is 7.92. The fraction of sp³-hybridized carbons (Fsp3) is 0.304. The van der Waals surface area contributed by atoms with Gasteiger partial charge >= 0.3 is 6.18 Å². The average Bonchev–Trinajstić information content (AvgIpc) is 3.59. The van der Waals surface area contributed by atoms with Crippen LogP contribution in [0.3, 0.4) is 0 Å². The summed E-state index contributed by atoms with van der Waals surface area (Å²) in [4.78, 5) is 37.7. The van der Waals surface area contributed by atoms with E-state index in [1.54, 1.807) is 18.2 Å². The van der Waals surface area contributed by atoms with Crippen LogP contribution in [0.15, 0.2) is 47.9 Å². The maximum absolute atomic E-state index is 13.0. The lowest BCUT2D eigenvalue weighted by atomic mass is 9.91. The van der Waals surface area contributed by atoms with E-state index < -0.39 is 38.5 Å². The maximum atomic E-state index is 13.0. The van der Waals surface area contributed by atoms with E-state index in [1.807, 2.05) is 0 Å². The molecular weight excluding hydrogens is 485 g/mol. The molecule has 0 spiro atoms. The summed E-state index contributed by atoms with van der Waals surface area (Å²) in [6.45, 7) is 0.444. The van der Waals surface area contributed by atoms with Gasteiger partial charge in [-0.1, -0.05) is 18.2 Å². The number of hydrogen-bond donors (Lipinski definition) is 1. The highest BCUT2D eigenvalue weighted by Crippen LogP contribution is 2.33. The molecule has 1 aromatic carbocycles. The number of sulfone groups is 1. The van der Waals surface area contributed by atoms with Gasteiger partial charge in [0, 0.05) is 24.8 Å². The van der Waals surface area contributed by atoms with Crippen molar-refractivity contribution >= 4 is 21.5 Å². The number of H-pyrrole nitrogens is 1. The number of hydrogen-bond acceptors (Lipinski definition) is 6. The number of fused-ring (bicyclic) bond motifs is 1. The first-order valence-electron chi connectivity index (χ1n) is 10.8. The Bertz CT molecular complexity index is 1430. The lowest BCUT2D eigenvalue weighted by molar-refractivity contribution is -0.137. The van der Waals surface area contributed by atoms with Gasteiger partial charge in [-0.2, -0.15) is 13.2 Å². The normalized spacial score (nSPS) is 16.1. The van der Waals surface area contributed by atoms with Crippen LogP contribution in [0.4, 0.5) is 13.2 Å². The Morgan fingerprint density at radius 1 is 1.06 bits per heavy atom. The van der Waals surface area contributed by atoms with Crippen molar-refractivity contribution in [1.82, 2.24) is 19.9 Å². The zero-order chi connectivity index (χ0) is 25.0. The zero-order valence-electron chi connectivity index (χ0n) is 18.2. The van der Waals surface area contributed by atoms with Gasteiger partial charge in [0.15, 0.2) is 0 Å². The van der Waals surface area contributed by atoms with Gasteiger partial charge < -0.3 is 9.88 Å². The van der Waals surface area contributed by atoms with Gasteiger partial charge in [0.2, 0.25) is 20.8 Å². The highest BCUT2D eigenvalue weighted by Gasteiger charge is 2.39. The quantitative estimate of drug-likeness (QED) is 0.534. The van der Waals surface area contributed by atoms with Gasteiger partial charge in [0.25, 0.3) is 5.91 Å². The van der Waals surface area contributed by atoms with E-state index >= 15 is 0 Å². The molecule has 0 bridgehead atoms. The van der Waals surface area contributed by atoms with Gasteiger partial charge in [-0.3, -0.25) is 14.6 Å². The molecule has 182 valence electrons. The average molecular weight is 504 g/mol. The van der Waals surface area contributed by atoms with E-state index in [2.05, 4.69) is 15.0 Å². The van der Waals surface area contributed by atoms with Crippen LogP contribution >= 0.6 is 0 Å². The third-order valence-corrected chi connectivity index (χ3v) is 8.23. The number of halogens is 3. The van der Waals surface area contributed by atoms with Crippen LogP contribution in [-0.2, 0) is 29.0 Å². The fourth-order valence-electron chi connectivity index (χ4n) is 4.09. The van der Waals surface area contributed by atoms with E-state index in [9.17, 15) is 31.2 Å². The molecule has 5 rings (SSSR count). The van der Waals surface area contributed by atoms with Gasteiger partial charge in [0.1, 0.15) is 11.4 Å². The SMILES string of the molecule is O=C(c1ccc(C(F)(F)F)cn1)c1cccc2c1CCN(C(=O)c1cnc(S(=O)(=O)C3CC3)[nH]1)C2. The topological polar surface area (TPSA) is 113 Å². The Morgan fingerprint density at radius 3 is 2.49 bits per heavy atom. The van der Waals surface area contributed by atoms with Gasteiger partial charge in [-0.25, -0.2) is 13.4 Å². The third-order valence-electron chi connectivity index (χ3n) is 6.14. The number of rotatable bonds is 5. The minimum absolute atomic E-state index is 0.0638. The van der Waals surface area contributed by atoms with E-state index in [-0.39, 0.29) is 29.6 Å². The number of carbonyl (C=O) groups excluding carboxylic acids is 2. The molecule has 3 heterocycles. The van der Waals surface area contributed by atoms with Crippen molar-refractivity contribution in [2.75, 3.05) is 6.54 Å². The Balaban J connectivity index is 1.35. The van der Waals surface area contributed by atoms with E-state index in [1.165, 1.54) is 11.1 Å². The number of carbonyl (C=O) groups is 2. The number of ketones is 1. The third kappa shape index (κ3) is 4.33. The first-order valence-corrected chi connectivity index (χ1v) is 12.4. The zero-order valence-corrected chi connectivity index (χ0v) is 19.0. The second-order valence-corrected chi connectivity index (χ2v) is 10.7. The molecule has 12 heteroatoms. The highest BCUT2D eigenvalue weighted by atomic mass is 32.2. The Labute approximate surface area is 198 Å². The smallest absolute Gasteiger partial charge is 0.333 e. The maximum Gasteiger partial charge on any atom is 0.417 e. The first-order chi connectivity index (χ1) is 16.6. The van der Waals surface area contributed by atoms with Crippen molar-refractivity contribution in [2.24, 2.45) is 0 Å². The van der Waals surface area contributed by atoms with Gasteiger partial charge in [-0.15, -0.1) is 0 Å². The number of nitrogens with zero attached hydrogens (tertiary/aromatic N) is 3. The van der Waals surface area contributed by atoms with Crippen LogP contribution < -0.4 is 0 Å². The minimum Gasteiger partial charge on any atom is -0.333 e. The number of benzene rings is 1. The molecule has 0 unspecified atom stereocenters. The number of pyridine rings is 1. The number of amides is 1. The molecule has 1 N–H and O–H groups in total. The van der Waals surface area contributed by atoms with E-state index in [4.69, 9.17) is 0 Å². The molecule has 1 aliphatic carbocycles. The van der Waals surface area contributed by atoms with Crippen molar-refractivity contribution in [3.8, 4) is 0 Å². The summed E-state index contributed by atoms with van der Waals surface area (Å²) in [5, 5.41) is -0.661. The number of nitrogens with one attached hydrogen (secondary N) is 1. The van der Waals surface area contributed by atoms with Crippen molar-refractivity contribution < 1.29 is 31.2 Å². The summed E-state index contributed by atoms with van der Waals surface area (Å²) in [7, 11) is -3.55. The first kappa shape index (κ1) is 23.2. The summed E-state index contributed by atoms with van der Waals surface area (Å²) in [6.07, 6.45) is -1.20. The predicted octanol–water partition coefficient (Wildman–Crippen LogP) is 3.19. The molecule has 1 aliphatic heterocycles. The fourth-order valence-corrected chi connectivity index (χ4v) is 5.62. The second-order valence-electron chi connectivity index (χ2n) is 8.53.